The quantitative estimate of drug-likeness (QED) is 0.254. The van der Waals surface area contributed by atoms with Gasteiger partial charge in [0.2, 0.25) is 5.95 Å². The zero-order valence-electron chi connectivity index (χ0n) is 19.2. The van der Waals surface area contributed by atoms with Gasteiger partial charge in [-0.25, -0.2) is 15.1 Å². The lowest BCUT2D eigenvalue weighted by molar-refractivity contribution is -0.572. The third kappa shape index (κ3) is 7.12. The van der Waals surface area contributed by atoms with Crippen LogP contribution in [0.25, 0.3) is 0 Å². The van der Waals surface area contributed by atoms with Crippen LogP contribution in [0.15, 0.2) is 65.5 Å². The van der Waals surface area contributed by atoms with E-state index in [1.807, 2.05) is 35.2 Å². The maximum Gasteiger partial charge on any atom is 0.495 e. The first-order chi connectivity index (χ1) is 17.1. The van der Waals surface area contributed by atoms with Crippen LogP contribution in [-0.4, -0.2) is 53.1 Å². The van der Waals surface area contributed by atoms with E-state index >= 15 is 0 Å². The normalized spacial score (nSPS) is 12.8. The summed E-state index contributed by atoms with van der Waals surface area (Å²) in [5, 5.41) is 12.3. The molecule has 1 aliphatic heterocycles. The van der Waals surface area contributed by atoms with Crippen LogP contribution in [0.1, 0.15) is 19.3 Å². The topological polar surface area (TPSA) is 115 Å². The number of pyridine rings is 1. The summed E-state index contributed by atoms with van der Waals surface area (Å²) in [7, 11) is 0. The highest BCUT2D eigenvalue weighted by molar-refractivity contribution is 9.10. The van der Waals surface area contributed by atoms with Crippen LogP contribution >= 0.6 is 15.9 Å². The molecule has 1 aliphatic rings. The Morgan fingerprint density at radius 3 is 2.60 bits per heavy atom. The summed E-state index contributed by atoms with van der Waals surface area (Å²) in [6.07, 6.45) is 7.90. The molecule has 10 nitrogen and oxygen atoms in total. The van der Waals surface area contributed by atoms with Crippen molar-refractivity contribution >= 4 is 51.1 Å². The van der Waals surface area contributed by atoms with Crippen molar-refractivity contribution in [1.82, 2.24) is 20.2 Å². The van der Waals surface area contributed by atoms with Gasteiger partial charge in [-0.05, 0) is 59.1 Å². The van der Waals surface area contributed by atoms with Crippen LogP contribution in [0, 0.1) is 0 Å². The molecule has 0 spiro atoms. The fourth-order valence-electron chi connectivity index (χ4n) is 3.59. The Morgan fingerprint density at radius 1 is 1.03 bits per heavy atom. The van der Waals surface area contributed by atoms with Gasteiger partial charge in [-0.2, -0.15) is 14.3 Å². The number of benzene rings is 1. The summed E-state index contributed by atoms with van der Waals surface area (Å²) in [4.78, 5) is 35.1. The van der Waals surface area contributed by atoms with Gasteiger partial charge < -0.3 is 20.9 Å². The van der Waals surface area contributed by atoms with Crippen LogP contribution in [0.3, 0.4) is 0 Å². The lowest BCUT2D eigenvalue weighted by Gasteiger charge is -2.16. The van der Waals surface area contributed by atoms with Gasteiger partial charge in [-0.15, -0.1) is 0 Å². The molecular weight excluding hydrogens is 512 g/mol. The number of aromatic nitrogens is 3. The van der Waals surface area contributed by atoms with Crippen LogP contribution in [0.2, 0.25) is 0 Å². The molecule has 4 rings (SSSR count). The molecule has 0 radical (unpaired) electrons. The number of amides is 3. The molecule has 0 bridgehead atoms. The first-order valence-corrected chi connectivity index (χ1v) is 12.3. The molecule has 0 atom stereocenters. The highest BCUT2D eigenvalue weighted by Gasteiger charge is 2.18. The summed E-state index contributed by atoms with van der Waals surface area (Å²) in [5.74, 6) is 1.07. The highest BCUT2D eigenvalue weighted by Crippen LogP contribution is 2.23. The van der Waals surface area contributed by atoms with E-state index in [4.69, 9.17) is 0 Å². The molecule has 3 aromatic rings. The number of halogens is 1. The first kappa shape index (κ1) is 24.4. The van der Waals surface area contributed by atoms with Gasteiger partial charge in [-0.3, -0.25) is 0 Å². The predicted molar refractivity (Wildman–Crippen MR) is 138 cm³/mol. The van der Waals surface area contributed by atoms with Crippen LogP contribution in [0.5, 0.6) is 0 Å². The first-order valence-electron chi connectivity index (χ1n) is 11.5. The van der Waals surface area contributed by atoms with E-state index in [0.29, 0.717) is 30.5 Å². The minimum absolute atomic E-state index is 0.0791. The van der Waals surface area contributed by atoms with Gasteiger partial charge in [-0.1, -0.05) is 12.1 Å². The molecule has 182 valence electrons. The second-order valence-corrected chi connectivity index (χ2v) is 8.87. The van der Waals surface area contributed by atoms with E-state index in [9.17, 15) is 9.59 Å². The Hall–Kier alpha value is -3.73. The largest absolute Gasteiger partial charge is 0.495 e. The van der Waals surface area contributed by atoms with E-state index < -0.39 is 0 Å². The average molecular weight is 540 g/mol. The number of likely N-dealkylation sites (tertiary alicyclic amines) is 1. The second-order valence-electron chi connectivity index (χ2n) is 8.02. The molecule has 1 fully saturated rings. The number of carbonyl (C=O) groups excluding carboxylic acids is 2. The number of nitrogens with one attached hydrogen (secondary N) is 4. The number of anilines is 4. The molecule has 0 saturated carbocycles. The summed E-state index contributed by atoms with van der Waals surface area (Å²) < 4.78 is 2.23. The van der Waals surface area contributed by atoms with Gasteiger partial charge in [0.1, 0.15) is 5.82 Å². The molecule has 1 aromatic carbocycles. The van der Waals surface area contributed by atoms with E-state index in [1.165, 1.54) is 4.57 Å². The minimum Gasteiger partial charge on any atom is -0.369 e. The van der Waals surface area contributed by atoms with E-state index in [1.54, 1.807) is 30.7 Å². The summed E-state index contributed by atoms with van der Waals surface area (Å²) >= 11 is 3.47. The van der Waals surface area contributed by atoms with Crippen LogP contribution in [-0.2, 0) is 0 Å². The second kappa shape index (κ2) is 12.1. The summed E-state index contributed by atoms with van der Waals surface area (Å²) in [5.41, 5.74) is 1.47. The van der Waals surface area contributed by atoms with Crippen molar-refractivity contribution in [2.45, 2.75) is 19.3 Å². The number of carbonyl (C=O) groups is 2. The molecule has 1 saturated heterocycles. The third-order valence-electron chi connectivity index (χ3n) is 5.38. The fourth-order valence-corrected chi connectivity index (χ4v) is 3.92. The average Bonchev–Trinajstić information content (AvgIpc) is 3.42. The Balaban J connectivity index is 1.27. The zero-order chi connectivity index (χ0) is 24.5. The Bertz CT molecular complexity index is 1160. The van der Waals surface area contributed by atoms with E-state index in [-0.39, 0.29) is 12.1 Å². The lowest BCUT2D eigenvalue weighted by Crippen LogP contribution is -2.49. The predicted octanol–water partition coefficient (Wildman–Crippen LogP) is 3.96. The molecule has 11 heteroatoms. The van der Waals surface area contributed by atoms with Crippen molar-refractivity contribution in [3.05, 3.63) is 65.5 Å². The van der Waals surface area contributed by atoms with Crippen molar-refractivity contribution in [2.24, 2.45) is 0 Å². The SMILES string of the molecule is O=C(Nc1cccc(Nc2ncc(Br)c(NCCCNC(=O)[n+]3ccccc3)n2)c1)N1CCCC1. The smallest absolute Gasteiger partial charge is 0.369 e. The maximum atomic E-state index is 12.4. The number of urea groups is 1. The Labute approximate surface area is 212 Å². The molecule has 3 amide bonds. The Morgan fingerprint density at radius 2 is 1.80 bits per heavy atom. The highest BCUT2D eigenvalue weighted by atomic mass is 79.9. The van der Waals surface area contributed by atoms with Crippen molar-refractivity contribution < 1.29 is 14.2 Å². The van der Waals surface area contributed by atoms with E-state index in [0.717, 1.165) is 42.5 Å². The third-order valence-corrected chi connectivity index (χ3v) is 5.96. The van der Waals surface area contributed by atoms with Gasteiger partial charge in [0, 0.05) is 43.6 Å². The van der Waals surface area contributed by atoms with Crippen molar-refractivity contribution in [3.63, 3.8) is 0 Å². The summed E-state index contributed by atoms with van der Waals surface area (Å²) in [6.45, 7) is 2.74. The fraction of sp³-hybridized carbons (Fsp3) is 0.292. The van der Waals surface area contributed by atoms with Gasteiger partial charge >= 0.3 is 12.1 Å². The molecule has 2 aromatic heterocycles. The van der Waals surface area contributed by atoms with Crippen molar-refractivity contribution in [1.29, 1.82) is 0 Å². The molecule has 4 N–H and O–H groups in total. The standard InChI is InChI=1S/C24H27BrN8O2/c25-20-17-28-22(29-18-8-6-9-19(16-18)30-24(35)33-14-4-5-15-33)31-21(20)26-10-7-11-27-23(34)32-12-2-1-3-13-32/h1-3,6,8-9,12-13,16-17H,4-5,7,10-11,14-15H2,(H3-,26,27,28,29,30,31,34,35)/p+1. The molecule has 0 unspecified atom stereocenters. The molecule has 35 heavy (non-hydrogen) atoms. The molecular formula is C24H28BrN8O2+. The number of hydrogen-bond acceptors (Lipinski definition) is 6. The monoisotopic (exact) mass is 539 g/mol. The van der Waals surface area contributed by atoms with Crippen molar-refractivity contribution in [3.8, 4) is 0 Å². The van der Waals surface area contributed by atoms with Crippen LogP contribution in [0.4, 0.5) is 32.7 Å². The Kier molecular flexibility index (Phi) is 8.44. The summed E-state index contributed by atoms with van der Waals surface area (Å²) in [6, 6.07) is 12.7. The molecule has 0 aliphatic carbocycles. The van der Waals surface area contributed by atoms with Gasteiger partial charge in [0.15, 0.2) is 0 Å². The van der Waals surface area contributed by atoms with Crippen LogP contribution < -0.4 is 25.8 Å². The lowest BCUT2D eigenvalue weighted by atomic mass is 10.3. The number of hydrogen-bond donors (Lipinski definition) is 4. The number of nitrogens with zero attached hydrogens (tertiary/aromatic N) is 4. The van der Waals surface area contributed by atoms with Crippen molar-refractivity contribution in [2.75, 3.05) is 42.1 Å². The van der Waals surface area contributed by atoms with Gasteiger partial charge in [0.05, 0.1) is 23.4 Å². The number of rotatable bonds is 8. The van der Waals surface area contributed by atoms with Gasteiger partial charge in [0.25, 0.3) is 0 Å². The minimum atomic E-state index is -0.167. The maximum absolute atomic E-state index is 12.4. The van der Waals surface area contributed by atoms with E-state index in [2.05, 4.69) is 47.2 Å². The zero-order valence-corrected chi connectivity index (χ0v) is 20.8. The molecule has 3 heterocycles.